The van der Waals surface area contributed by atoms with E-state index in [2.05, 4.69) is 37.4 Å². The van der Waals surface area contributed by atoms with Crippen LogP contribution < -0.4 is 10.1 Å². The first kappa shape index (κ1) is 14.3. The molecule has 0 unspecified atom stereocenters. The van der Waals surface area contributed by atoms with E-state index in [1.54, 1.807) is 6.07 Å². The molecule has 0 spiro atoms. The highest BCUT2D eigenvalue weighted by molar-refractivity contribution is 5.54. The lowest BCUT2D eigenvalue weighted by atomic mass is 10.1. The first-order valence-corrected chi connectivity index (χ1v) is 6.86. The van der Waals surface area contributed by atoms with Gasteiger partial charge in [0.15, 0.2) is 11.5 Å². The zero-order chi connectivity index (χ0) is 14.5. The molecule has 0 atom stereocenters. The molecular formula is C17H21NO2. The molecule has 0 aliphatic carbocycles. The third-order valence-electron chi connectivity index (χ3n) is 3.24. The van der Waals surface area contributed by atoms with E-state index in [0.29, 0.717) is 18.9 Å². The summed E-state index contributed by atoms with van der Waals surface area (Å²) in [6, 6.07) is 11.9. The van der Waals surface area contributed by atoms with Crippen molar-refractivity contribution in [3.8, 4) is 11.5 Å². The first-order chi connectivity index (χ1) is 9.61. The monoisotopic (exact) mass is 271 g/mol. The van der Waals surface area contributed by atoms with Crippen LogP contribution in [0.3, 0.4) is 0 Å². The minimum absolute atomic E-state index is 0.215. The molecule has 0 aliphatic rings. The third kappa shape index (κ3) is 3.23. The number of phenols is 1. The number of benzene rings is 2. The molecule has 3 heteroatoms. The van der Waals surface area contributed by atoms with Crippen molar-refractivity contribution in [1.29, 1.82) is 0 Å². The van der Waals surface area contributed by atoms with Gasteiger partial charge in [0.05, 0.1) is 6.61 Å². The molecule has 20 heavy (non-hydrogen) atoms. The molecule has 106 valence electrons. The predicted octanol–water partition coefficient (Wildman–Crippen LogP) is 4.02. The molecule has 0 heterocycles. The van der Waals surface area contributed by atoms with Crippen molar-refractivity contribution in [1.82, 2.24) is 0 Å². The van der Waals surface area contributed by atoms with Crippen molar-refractivity contribution in [2.45, 2.75) is 27.3 Å². The topological polar surface area (TPSA) is 41.5 Å². The maximum absolute atomic E-state index is 10.2. The van der Waals surface area contributed by atoms with Crippen molar-refractivity contribution in [2.24, 2.45) is 0 Å². The summed E-state index contributed by atoms with van der Waals surface area (Å²) in [7, 11) is 0. The fourth-order valence-corrected chi connectivity index (χ4v) is 2.10. The number of para-hydroxylation sites is 1. The van der Waals surface area contributed by atoms with Crippen LogP contribution in [-0.4, -0.2) is 11.7 Å². The number of ether oxygens (including phenoxy) is 1. The van der Waals surface area contributed by atoms with E-state index in [4.69, 9.17) is 4.74 Å². The number of rotatable bonds is 5. The molecule has 2 aromatic rings. The van der Waals surface area contributed by atoms with Gasteiger partial charge in [0.1, 0.15) is 0 Å². The molecule has 0 radical (unpaired) electrons. The van der Waals surface area contributed by atoms with Crippen LogP contribution in [0.1, 0.15) is 23.6 Å². The summed E-state index contributed by atoms with van der Waals surface area (Å²) in [5.74, 6) is 0.750. The minimum atomic E-state index is 0.215. The van der Waals surface area contributed by atoms with E-state index >= 15 is 0 Å². The second kappa shape index (κ2) is 6.33. The minimum Gasteiger partial charge on any atom is -0.504 e. The molecule has 2 rings (SSSR count). The Kier molecular flexibility index (Phi) is 4.51. The lowest BCUT2D eigenvalue weighted by Crippen LogP contribution is -2.02. The second-order valence-electron chi connectivity index (χ2n) is 4.87. The summed E-state index contributed by atoms with van der Waals surface area (Å²) in [5, 5.41) is 13.5. The van der Waals surface area contributed by atoms with Gasteiger partial charge in [0.25, 0.3) is 0 Å². The van der Waals surface area contributed by atoms with E-state index in [1.807, 2.05) is 19.1 Å². The normalized spacial score (nSPS) is 10.3. The van der Waals surface area contributed by atoms with Crippen molar-refractivity contribution in [3.63, 3.8) is 0 Å². The Balaban J connectivity index is 2.14. The highest BCUT2D eigenvalue weighted by atomic mass is 16.5. The summed E-state index contributed by atoms with van der Waals surface area (Å²) in [4.78, 5) is 0. The Labute approximate surface area is 120 Å². The van der Waals surface area contributed by atoms with E-state index < -0.39 is 0 Å². The van der Waals surface area contributed by atoms with Crippen LogP contribution in [0.15, 0.2) is 36.4 Å². The molecule has 3 nitrogen and oxygen atoms in total. The number of nitrogens with one attached hydrogen (secondary N) is 1. The molecular weight excluding hydrogens is 250 g/mol. The summed E-state index contributed by atoms with van der Waals surface area (Å²) in [6.07, 6.45) is 0. The van der Waals surface area contributed by atoms with Crippen molar-refractivity contribution in [3.05, 3.63) is 53.1 Å². The van der Waals surface area contributed by atoms with Gasteiger partial charge < -0.3 is 15.2 Å². The van der Waals surface area contributed by atoms with Crippen LogP contribution in [0, 0.1) is 13.8 Å². The number of anilines is 1. The van der Waals surface area contributed by atoms with Gasteiger partial charge in [-0.15, -0.1) is 0 Å². The van der Waals surface area contributed by atoms with Gasteiger partial charge in [0.2, 0.25) is 0 Å². The molecule has 0 amide bonds. The Morgan fingerprint density at radius 1 is 1.15 bits per heavy atom. The Hall–Kier alpha value is -2.16. The molecule has 0 saturated heterocycles. The largest absolute Gasteiger partial charge is 0.504 e. The van der Waals surface area contributed by atoms with Gasteiger partial charge >= 0.3 is 0 Å². The number of aryl methyl sites for hydroxylation is 2. The van der Waals surface area contributed by atoms with E-state index in [1.165, 1.54) is 11.1 Å². The van der Waals surface area contributed by atoms with Gasteiger partial charge in [-0.2, -0.15) is 0 Å². The van der Waals surface area contributed by atoms with Gasteiger partial charge in [-0.25, -0.2) is 0 Å². The average Bonchev–Trinajstić information content (AvgIpc) is 2.43. The molecule has 0 aliphatic heterocycles. The Morgan fingerprint density at radius 2 is 1.95 bits per heavy atom. The zero-order valence-electron chi connectivity index (χ0n) is 12.2. The SMILES string of the molecule is CCOc1cccc(CNc2cc(C)ccc2C)c1O. The molecule has 0 fully saturated rings. The van der Waals surface area contributed by atoms with Gasteiger partial charge in [-0.3, -0.25) is 0 Å². The van der Waals surface area contributed by atoms with Crippen LogP contribution in [0.5, 0.6) is 11.5 Å². The van der Waals surface area contributed by atoms with Gasteiger partial charge in [-0.05, 0) is 44.0 Å². The summed E-state index contributed by atoms with van der Waals surface area (Å²) < 4.78 is 5.39. The summed E-state index contributed by atoms with van der Waals surface area (Å²) in [6.45, 7) is 7.15. The quantitative estimate of drug-likeness (QED) is 0.863. The molecule has 2 aromatic carbocycles. The predicted molar refractivity (Wildman–Crippen MR) is 82.5 cm³/mol. The Morgan fingerprint density at radius 3 is 2.70 bits per heavy atom. The number of aromatic hydroxyl groups is 1. The molecule has 0 aromatic heterocycles. The number of phenolic OH excluding ortho intramolecular Hbond substituents is 1. The summed E-state index contributed by atoms with van der Waals surface area (Å²) in [5.41, 5.74) is 4.32. The second-order valence-corrected chi connectivity index (χ2v) is 4.87. The maximum Gasteiger partial charge on any atom is 0.162 e. The molecule has 0 saturated carbocycles. The fourth-order valence-electron chi connectivity index (χ4n) is 2.10. The highest BCUT2D eigenvalue weighted by Gasteiger charge is 2.08. The summed E-state index contributed by atoms with van der Waals surface area (Å²) >= 11 is 0. The Bertz CT molecular complexity index is 594. The lowest BCUT2D eigenvalue weighted by Gasteiger charge is -2.13. The lowest BCUT2D eigenvalue weighted by molar-refractivity contribution is 0.317. The standard InChI is InChI=1S/C17H21NO2/c1-4-20-16-7-5-6-14(17(16)19)11-18-15-10-12(2)8-9-13(15)3/h5-10,18-19H,4,11H2,1-3H3. The van der Waals surface area contributed by atoms with Crippen LogP contribution in [0.25, 0.3) is 0 Å². The molecule has 0 bridgehead atoms. The van der Waals surface area contributed by atoms with E-state index in [0.717, 1.165) is 11.3 Å². The average molecular weight is 271 g/mol. The highest BCUT2D eigenvalue weighted by Crippen LogP contribution is 2.30. The maximum atomic E-state index is 10.2. The molecule has 2 N–H and O–H groups in total. The van der Waals surface area contributed by atoms with Crippen LogP contribution in [-0.2, 0) is 6.54 Å². The zero-order valence-corrected chi connectivity index (χ0v) is 12.2. The number of hydrogen-bond donors (Lipinski definition) is 2. The van der Waals surface area contributed by atoms with Gasteiger partial charge in [-0.1, -0.05) is 24.3 Å². The van der Waals surface area contributed by atoms with Crippen molar-refractivity contribution < 1.29 is 9.84 Å². The van der Waals surface area contributed by atoms with E-state index in [-0.39, 0.29) is 5.75 Å². The van der Waals surface area contributed by atoms with Crippen LogP contribution in [0.4, 0.5) is 5.69 Å². The van der Waals surface area contributed by atoms with Crippen LogP contribution >= 0.6 is 0 Å². The third-order valence-corrected chi connectivity index (χ3v) is 3.24. The number of hydrogen-bond acceptors (Lipinski definition) is 3. The van der Waals surface area contributed by atoms with Crippen molar-refractivity contribution >= 4 is 5.69 Å². The smallest absolute Gasteiger partial charge is 0.162 e. The van der Waals surface area contributed by atoms with Gasteiger partial charge in [0, 0.05) is 17.8 Å². The fraction of sp³-hybridized carbons (Fsp3) is 0.294. The van der Waals surface area contributed by atoms with Crippen LogP contribution in [0.2, 0.25) is 0 Å². The van der Waals surface area contributed by atoms with Crippen molar-refractivity contribution in [2.75, 3.05) is 11.9 Å². The first-order valence-electron chi connectivity index (χ1n) is 6.86. The van der Waals surface area contributed by atoms with E-state index in [9.17, 15) is 5.11 Å².